The highest BCUT2D eigenvalue weighted by atomic mass is 16.5. The molecule has 1 atom stereocenters. The topological polar surface area (TPSA) is 63.6 Å². The molecule has 1 unspecified atom stereocenters. The molecule has 0 aromatic carbocycles. The molecule has 0 heterocycles. The number of carboxylic acid groups (broad SMARTS) is 1. The molecule has 0 aliphatic carbocycles. The van der Waals surface area contributed by atoms with Crippen LogP contribution in [0.3, 0.4) is 0 Å². The van der Waals surface area contributed by atoms with E-state index >= 15 is 0 Å². The Morgan fingerprint density at radius 1 is 0.958 bits per heavy atom. The summed E-state index contributed by atoms with van der Waals surface area (Å²) in [5.74, 6) is -0.906. The maximum atomic E-state index is 10.8. The second kappa shape index (κ2) is 19.5. The molecule has 0 spiro atoms. The molecular formula is C20H36O4. The molecule has 0 radical (unpaired) electrons. The first kappa shape index (κ1) is 24.7. The van der Waals surface area contributed by atoms with Gasteiger partial charge in [0.2, 0.25) is 0 Å². The fourth-order valence-electron chi connectivity index (χ4n) is 1.89. The second-order valence-corrected chi connectivity index (χ2v) is 5.54. The minimum Gasteiger partial charge on any atom is -0.481 e. The van der Waals surface area contributed by atoms with Crippen LogP contribution in [-0.2, 0) is 14.3 Å². The highest BCUT2D eigenvalue weighted by molar-refractivity contribution is 5.69. The molecular weight excluding hydrogens is 304 g/mol. The van der Waals surface area contributed by atoms with Gasteiger partial charge in [0, 0.05) is 6.42 Å². The highest BCUT2D eigenvalue weighted by Gasteiger charge is 2.12. The van der Waals surface area contributed by atoms with Gasteiger partial charge in [0.25, 0.3) is 0 Å². The van der Waals surface area contributed by atoms with Crippen molar-refractivity contribution in [2.75, 3.05) is 6.61 Å². The van der Waals surface area contributed by atoms with Crippen molar-refractivity contribution in [1.29, 1.82) is 0 Å². The standard InChI is InChI=1S/2C10H18O2/c1-3-5-6-7-8-9(4-2)10(11)12;1-3-5-6-7-9-12-10(11)8-4-2/h5-6,9H,3-4,7-8H2,1-2H3,(H,11,12);5-6H,3-4,7-9H2,1-2H3/b2*6-5-. The lowest BCUT2D eigenvalue weighted by molar-refractivity contribution is -0.144. The quantitative estimate of drug-likeness (QED) is 0.288. The molecule has 4 heteroatoms. The second-order valence-electron chi connectivity index (χ2n) is 5.54. The van der Waals surface area contributed by atoms with E-state index in [0.29, 0.717) is 13.0 Å². The number of aliphatic carboxylic acids is 1. The Morgan fingerprint density at radius 2 is 1.54 bits per heavy atom. The molecule has 0 saturated heterocycles. The number of esters is 1. The van der Waals surface area contributed by atoms with E-state index in [1.54, 1.807) is 0 Å². The first-order valence-corrected chi connectivity index (χ1v) is 9.21. The third-order valence-electron chi connectivity index (χ3n) is 3.33. The Hall–Kier alpha value is -1.58. The summed E-state index contributed by atoms with van der Waals surface area (Å²) in [6.07, 6.45) is 15.0. The predicted molar refractivity (Wildman–Crippen MR) is 100.0 cm³/mol. The van der Waals surface area contributed by atoms with Crippen LogP contribution in [0.4, 0.5) is 0 Å². The predicted octanol–water partition coefficient (Wildman–Crippen LogP) is 5.53. The van der Waals surface area contributed by atoms with Crippen molar-refractivity contribution in [3.63, 3.8) is 0 Å². The molecule has 0 aromatic heterocycles. The van der Waals surface area contributed by atoms with Gasteiger partial charge in [0.1, 0.15) is 0 Å². The van der Waals surface area contributed by atoms with Gasteiger partial charge in [-0.1, -0.05) is 52.0 Å². The third kappa shape index (κ3) is 18.5. The first-order valence-electron chi connectivity index (χ1n) is 9.21. The Kier molecular flexibility index (Phi) is 20.0. The summed E-state index contributed by atoms with van der Waals surface area (Å²) >= 11 is 0. The number of carbonyl (C=O) groups is 2. The van der Waals surface area contributed by atoms with Crippen LogP contribution in [-0.4, -0.2) is 23.7 Å². The lowest BCUT2D eigenvalue weighted by Gasteiger charge is -2.06. The molecule has 1 N–H and O–H groups in total. The summed E-state index contributed by atoms with van der Waals surface area (Å²) in [7, 11) is 0. The minimum absolute atomic E-state index is 0.0811. The summed E-state index contributed by atoms with van der Waals surface area (Å²) in [5, 5.41) is 8.71. The minimum atomic E-state index is -0.664. The Balaban J connectivity index is 0. The number of carbonyl (C=O) groups excluding carboxylic acids is 1. The van der Waals surface area contributed by atoms with Crippen LogP contribution in [0, 0.1) is 5.92 Å². The molecule has 0 rings (SSSR count). The van der Waals surface area contributed by atoms with Crippen LogP contribution in [0.1, 0.15) is 79.1 Å². The summed E-state index contributed by atoms with van der Waals surface area (Å²) in [4.78, 5) is 21.4. The molecule has 140 valence electrons. The van der Waals surface area contributed by atoms with Crippen LogP contribution in [0.15, 0.2) is 24.3 Å². The number of allylic oxidation sites excluding steroid dienone is 3. The van der Waals surface area contributed by atoms with Gasteiger partial charge in [-0.2, -0.15) is 0 Å². The van der Waals surface area contributed by atoms with E-state index in [0.717, 1.165) is 44.9 Å². The van der Waals surface area contributed by atoms with Crippen molar-refractivity contribution < 1.29 is 19.4 Å². The summed E-state index contributed by atoms with van der Waals surface area (Å²) < 4.78 is 4.94. The number of hydrogen-bond donors (Lipinski definition) is 1. The van der Waals surface area contributed by atoms with E-state index in [-0.39, 0.29) is 11.9 Å². The molecule has 4 nitrogen and oxygen atoms in total. The summed E-state index contributed by atoms with van der Waals surface area (Å²) in [6.45, 7) is 8.57. The molecule has 0 amide bonds. The van der Waals surface area contributed by atoms with Crippen LogP contribution >= 0.6 is 0 Å². The summed E-state index contributed by atoms with van der Waals surface area (Å²) in [5.41, 5.74) is 0. The van der Waals surface area contributed by atoms with Crippen LogP contribution in [0.2, 0.25) is 0 Å². The number of hydrogen-bond acceptors (Lipinski definition) is 3. The Bertz CT molecular complexity index is 357. The smallest absolute Gasteiger partial charge is 0.306 e. The van der Waals surface area contributed by atoms with Crippen molar-refractivity contribution in [1.82, 2.24) is 0 Å². The number of rotatable bonds is 12. The van der Waals surface area contributed by atoms with Gasteiger partial charge in [0.05, 0.1) is 12.5 Å². The average molecular weight is 341 g/mol. The van der Waals surface area contributed by atoms with Crippen LogP contribution < -0.4 is 0 Å². The fourth-order valence-corrected chi connectivity index (χ4v) is 1.89. The maximum Gasteiger partial charge on any atom is 0.306 e. The zero-order chi connectivity index (χ0) is 18.6. The van der Waals surface area contributed by atoms with Gasteiger partial charge in [-0.15, -0.1) is 0 Å². The first-order chi connectivity index (χ1) is 11.5. The molecule has 0 fully saturated rings. The molecule has 0 bridgehead atoms. The average Bonchev–Trinajstić information content (AvgIpc) is 2.55. The monoisotopic (exact) mass is 340 g/mol. The zero-order valence-corrected chi connectivity index (χ0v) is 15.9. The van der Waals surface area contributed by atoms with E-state index in [4.69, 9.17) is 9.84 Å². The maximum absolute atomic E-state index is 10.8. The Labute approximate surface area is 148 Å². The molecule has 24 heavy (non-hydrogen) atoms. The lowest BCUT2D eigenvalue weighted by Crippen LogP contribution is -2.11. The molecule has 0 aromatic rings. The van der Waals surface area contributed by atoms with Gasteiger partial charge < -0.3 is 9.84 Å². The van der Waals surface area contributed by atoms with Crippen molar-refractivity contribution >= 4 is 11.9 Å². The van der Waals surface area contributed by atoms with Gasteiger partial charge >= 0.3 is 11.9 Å². The normalized spacial score (nSPS) is 12.0. The van der Waals surface area contributed by atoms with E-state index in [9.17, 15) is 9.59 Å². The third-order valence-corrected chi connectivity index (χ3v) is 3.33. The van der Waals surface area contributed by atoms with Crippen molar-refractivity contribution in [3.8, 4) is 0 Å². The van der Waals surface area contributed by atoms with Gasteiger partial charge in [-0.3, -0.25) is 9.59 Å². The van der Waals surface area contributed by atoms with E-state index < -0.39 is 5.97 Å². The zero-order valence-electron chi connectivity index (χ0n) is 15.9. The lowest BCUT2D eigenvalue weighted by atomic mass is 10.0. The van der Waals surface area contributed by atoms with Gasteiger partial charge in [-0.25, -0.2) is 0 Å². The van der Waals surface area contributed by atoms with E-state index in [1.165, 1.54) is 0 Å². The summed E-state index contributed by atoms with van der Waals surface area (Å²) in [6, 6.07) is 0. The van der Waals surface area contributed by atoms with Gasteiger partial charge in [0.15, 0.2) is 0 Å². The van der Waals surface area contributed by atoms with Crippen molar-refractivity contribution in [2.45, 2.75) is 79.1 Å². The van der Waals surface area contributed by atoms with Crippen molar-refractivity contribution in [2.24, 2.45) is 5.92 Å². The number of ether oxygens (including phenoxy) is 1. The van der Waals surface area contributed by atoms with Crippen LogP contribution in [0.25, 0.3) is 0 Å². The van der Waals surface area contributed by atoms with Gasteiger partial charge in [-0.05, 0) is 44.9 Å². The van der Waals surface area contributed by atoms with E-state index in [1.807, 2.05) is 19.9 Å². The SMILES string of the molecule is CC/C=C\CCC(CC)C(=O)O.CC/C=C\CCOC(=O)CCC. The van der Waals surface area contributed by atoms with Crippen molar-refractivity contribution in [3.05, 3.63) is 24.3 Å². The van der Waals surface area contributed by atoms with E-state index in [2.05, 4.69) is 32.1 Å². The molecule has 0 aliphatic rings. The highest BCUT2D eigenvalue weighted by Crippen LogP contribution is 2.11. The molecule has 0 saturated carbocycles. The Morgan fingerprint density at radius 3 is 2.00 bits per heavy atom. The number of carboxylic acids is 1. The largest absolute Gasteiger partial charge is 0.481 e. The van der Waals surface area contributed by atoms with Crippen LogP contribution in [0.5, 0.6) is 0 Å². The fraction of sp³-hybridized carbons (Fsp3) is 0.700. The molecule has 0 aliphatic heterocycles.